The van der Waals surface area contributed by atoms with E-state index in [1.807, 2.05) is 4.90 Å². The predicted octanol–water partition coefficient (Wildman–Crippen LogP) is 8.33. The summed E-state index contributed by atoms with van der Waals surface area (Å²) in [4.78, 5) is 24.7. The van der Waals surface area contributed by atoms with Crippen LogP contribution in [0.15, 0.2) is 128 Å². The lowest BCUT2D eigenvalue weighted by atomic mass is 10.1. The number of carbonyl (C=O) groups is 2. The van der Waals surface area contributed by atoms with Crippen molar-refractivity contribution in [3.8, 4) is 5.75 Å². The molecule has 1 fully saturated rings. The standard InChI is InChI=1S/C38H31N7O8S/c46-36-29-20-25(40-24-8-5-22(6-9-24)37(47)48)10-7-23(29)19-34(54(51,52)53)35(36)44-43-32-13-12-31(27-3-1-2-4-28(27)32)42-41-26-11-14-33(30(21-26)38(49)50)45-17-15-39-16-18-45/h1-14,19-21,39-40,46H,15-18H2,(H,47,48)(H,49,50)(H,51,52,53). The zero-order chi connectivity index (χ0) is 38.0. The number of carboxylic acids is 2. The van der Waals surface area contributed by atoms with Gasteiger partial charge in [0.05, 0.1) is 33.9 Å². The molecule has 54 heavy (non-hydrogen) atoms. The molecule has 0 amide bonds. The highest BCUT2D eigenvalue weighted by molar-refractivity contribution is 7.86. The molecule has 0 spiro atoms. The number of anilines is 3. The molecule has 0 aliphatic carbocycles. The number of piperazine rings is 1. The third kappa shape index (κ3) is 7.42. The van der Waals surface area contributed by atoms with Gasteiger partial charge in [0.15, 0.2) is 5.75 Å². The van der Waals surface area contributed by atoms with E-state index in [9.17, 15) is 37.9 Å². The Kier molecular flexibility index (Phi) is 9.71. The van der Waals surface area contributed by atoms with Crippen molar-refractivity contribution in [1.29, 1.82) is 0 Å². The van der Waals surface area contributed by atoms with Crippen molar-refractivity contribution in [3.05, 3.63) is 114 Å². The smallest absolute Gasteiger partial charge is 0.337 e. The van der Waals surface area contributed by atoms with E-state index < -0.39 is 38.4 Å². The molecule has 7 rings (SSSR count). The Labute approximate surface area is 307 Å². The molecule has 0 aromatic heterocycles. The molecule has 272 valence electrons. The van der Waals surface area contributed by atoms with Crippen LogP contribution in [0.25, 0.3) is 21.5 Å². The van der Waals surface area contributed by atoms with Crippen LogP contribution in [0.1, 0.15) is 20.7 Å². The molecule has 0 atom stereocenters. The SMILES string of the molecule is O=C(O)c1ccc(Nc2ccc3cc(S(=O)(=O)O)c(N=Nc4ccc(N=Nc5ccc(N6CCNCC6)c(C(=O)O)c5)c5ccccc45)c(O)c3c2)cc1. The van der Waals surface area contributed by atoms with Gasteiger partial charge in [-0.2, -0.15) is 13.5 Å². The number of hydrogen-bond donors (Lipinski definition) is 6. The van der Waals surface area contributed by atoms with E-state index in [2.05, 4.69) is 31.1 Å². The van der Waals surface area contributed by atoms with Crippen molar-refractivity contribution in [2.45, 2.75) is 4.90 Å². The quantitative estimate of drug-likeness (QED) is 0.0577. The average Bonchev–Trinajstić information content (AvgIpc) is 3.17. The Morgan fingerprint density at radius 3 is 1.98 bits per heavy atom. The van der Waals surface area contributed by atoms with Gasteiger partial charge in [-0.05, 0) is 78.2 Å². The van der Waals surface area contributed by atoms with Gasteiger partial charge in [-0.15, -0.1) is 15.3 Å². The average molecular weight is 746 g/mol. The number of benzene rings is 6. The minimum atomic E-state index is -4.87. The summed E-state index contributed by atoms with van der Waals surface area (Å²) < 4.78 is 35.0. The van der Waals surface area contributed by atoms with Crippen LogP contribution >= 0.6 is 0 Å². The highest BCUT2D eigenvalue weighted by Gasteiger charge is 2.23. The van der Waals surface area contributed by atoms with Crippen LogP contribution in [0.4, 0.5) is 39.8 Å². The Balaban J connectivity index is 1.22. The number of nitrogens with one attached hydrogen (secondary N) is 2. The Bertz CT molecular complexity index is 2620. The van der Waals surface area contributed by atoms with Crippen LogP contribution in [-0.4, -0.2) is 66.4 Å². The second kappa shape index (κ2) is 14.7. The van der Waals surface area contributed by atoms with Gasteiger partial charge in [0.25, 0.3) is 10.1 Å². The number of nitrogens with zero attached hydrogens (tertiary/aromatic N) is 5. The van der Waals surface area contributed by atoms with Gasteiger partial charge in [0.1, 0.15) is 10.6 Å². The molecule has 0 radical (unpaired) electrons. The molecule has 1 aliphatic rings. The highest BCUT2D eigenvalue weighted by atomic mass is 32.2. The first-order chi connectivity index (χ1) is 26.0. The number of aromatic hydroxyl groups is 1. The van der Waals surface area contributed by atoms with Crippen molar-refractivity contribution in [1.82, 2.24) is 5.32 Å². The topological polar surface area (TPSA) is 226 Å². The first kappa shape index (κ1) is 35.6. The van der Waals surface area contributed by atoms with Gasteiger partial charge in [-0.3, -0.25) is 4.55 Å². The second-order valence-electron chi connectivity index (χ2n) is 12.3. The fourth-order valence-corrected chi connectivity index (χ4v) is 6.83. The van der Waals surface area contributed by atoms with Crippen molar-refractivity contribution in [2.24, 2.45) is 20.5 Å². The van der Waals surface area contributed by atoms with Crippen molar-refractivity contribution in [3.63, 3.8) is 0 Å². The molecular formula is C38H31N7O8S. The first-order valence-electron chi connectivity index (χ1n) is 16.5. The number of phenolic OH excluding ortho intramolecular Hbond substituents is 1. The van der Waals surface area contributed by atoms with Crippen LogP contribution < -0.4 is 15.5 Å². The molecule has 0 saturated carbocycles. The molecule has 16 heteroatoms. The van der Waals surface area contributed by atoms with Crippen LogP contribution in [0.5, 0.6) is 5.75 Å². The number of azo groups is 2. The zero-order valence-corrected chi connectivity index (χ0v) is 29.0. The normalized spacial score (nSPS) is 13.6. The summed E-state index contributed by atoms with van der Waals surface area (Å²) in [6.07, 6.45) is 0. The number of fused-ring (bicyclic) bond motifs is 2. The lowest BCUT2D eigenvalue weighted by Crippen LogP contribution is -2.44. The van der Waals surface area contributed by atoms with E-state index in [0.717, 1.165) is 13.1 Å². The van der Waals surface area contributed by atoms with Gasteiger partial charge >= 0.3 is 11.9 Å². The molecule has 0 bridgehead atoms. The summed E-state index contributed by atoms with van der Waals surface area (Å²) in [6.45, 7) is 2.87. The fourth-order valence-electron chi connectivity index (χ4n) is 6.17. The second-order valence-corrected chi connectivity index (χ2v) is 13.7. The summed E-state index contributed by atoms with van der Waals surface area (Å²) in [5, 5.41) is 55.6. The summed E-state index contributed by atoms with van der Waals surface area (Å²) in [7, 11) is -4.87. The monoisotopic (exact) mass is 745 g/mol. The molecule has 0 unspecified atom stereocenters. The van der Waals surface area contributed by atoms with E-state index >= 15 is 0 Å². The summed E-state index contributed by atoms with van der Waals surface area (Å²) in [5.41, 5.74) is 2.49. The minimum Gasteiger partial charge on any atom is -0.505 e. The molecular weight excluding hydrogens is 715 g/mol. The molecule has 6 aromatic carbocycles. The first-order valence-corrected chi connectivity index (χ1v) is 18.0. The van der Waals surface area contributed by atoms with Gasteiger partial charge < -0.3 is 30.9 Å². The van der Waals surface area contributed by atoms with E-state index in [1.54, 1.807) is 78.9 Å². The van der Waals surface area contributed by atoms with Gasteiger partial charge in [-0.25, -0.2) is 9.59 Å². The summed E-state index contributed by atoms with van der Waals surface area (Å²) in [5.74, 6) is -2.69. The third-order valence-corrected chi connectivity index (χ3v) is 9.70. The van der Waals surface area contributed by atoms with E-state index in [0.29, 0.717) is 63.4 Å². The van der Waals surface area contributed by atoms with E-state index in [1.165, 1.54) is 24.3 Å². The largest absolute Gasteiger partial charge is 0.505 e. The van der Waals surface area contributed by atoms with Crippen LogP contribution in [-0.2, 0) is 10.1 Å². The maximum Gasteiger partial charge on any atom is 0.337 e. The Hall–Kier alpha value is -6.75. The molecule has 1 heterocycles. The molecule has 15 nitrogen and oxygen atoms in total. The summed E-state index contributed by atoms with van der Waals surface area (Å²) >= 11 is 0. The zero-order valence-electron chi connectivity index (χ0n) is 28.2. The number of rotatable bonds is 10. The van der Waals surface area contributed by atoms with Gasteiger partial charge in [0.2, 0.25) is 0 Å². The van der Waals surface area contributed by atoms with Gasteiger partial charge in [0, 0.05) is 53.7 Å². The van der Waals surface area contributed by atoms with Crippen molar-refractivity contribution < 1.29 is 37.9 Å². The maximum absolute atomic E-state index is 12.5. The Morgan fingerprint density at radius 2 is 1.35 bits per heavy atom. The van der Waals surface area contributed by atoms with Crippen LogP contribution in [0, 0.1) is 0 Å². The van der Waals surface area contributed by atoms with Crippen LogP contribution in [0.3, 0.4) is 0 Å². The number of phenols is 1. The van der Waals surface area contributed by atoms with Crippen molar-refractivity contribution in [2.75, 3.05) is 36.4 Å². The molecule has 1 aliphatic heterocycles. The fraction of sp³-hybridized carbons (Fsp3) is 0.105. The number of hydrogen-bond acceptors (Lipinski definition) is 12. The maximum atomic E-state index is 12.5. The van der Waals surface area contributed by atoms with E-state index in [4.69, 9.17) is 0 Å². The van der Waals surface area contributed by atoms with Crippen LogP contribution in [0.2, 0.25) is 0 Å². The Morgan fingerprint density at radius 1 is 0.704 bits per heavy atom. The van der Waals surface area contributed by atoms with Gasteiger partial charge in [-0.1, -0.05) is 30.3 Å². The number of carboxylic acid groups (broad SMARTS) is 2. The summed E-state index contributed by atoms with van der Waals surface area (Å²) in [6, 6.07) is 27.1. The molecule has 6 aromatic rings. The van der Waals surface area contributed by atoms with E-state index in [-0.39, 0.29) is 16.5 Å². The minimum absolute atomic E-state index is 0.111. The molecule has 1 saturated heterocycles. The third-order valence-electron chi connectivity index (χ3n) is 8.83. The number of aromatic carboxylic acids is 2. The lowest BCUT2D eigenvalue weighted by Gasteiger charge is -2.30. The van der Waals surface area contributed by atoms with Crippen molar-refractivity contribution >= 4 is 83.4 Å². The molecule has 6 N–H and O–H groups in total. The highest BCUT2D eigenvalue weighted by Crippen LogP contribution is 2.43. The lowest BCUT2D eigenvalue weighted by molar-refractivity contribution is 0.0686. The predicted molar refractivity (Wildman–Crippen MR) is 203 cm³/mol.